The van der Waals surface area contributed by atoms with Crippen molar-refractivity contribution in [1.29, 1.82) is 0 Å². The lowest BCUT2D eigenvalue weighted by molar-refractivity contribution is -0.142. The fourth-order valence-corrected chi connectivity index (χ4v) is 1.00. The molecule has 0 aliphatic carbocycles. The van der Waals surface area contributed by atoms with E-state index in [1.54, 1.807) is 7.11 Å². The van der Waals surface area contributed by atoms with Gasteiger partial charge >= 0.3 is 5.97 Å². The molecule has 1 aromatic rings. The van der Waals surface area contributed by atoms with Gasteiger partial charge in [0, 0.05) is 12.5 Å². The second kappa shape index (κ2) is 7.85. The Morgan fingerprint density at radius 2 is 1.87 bits per heavy atom. The highest BCUT2D eigenvalue weighted by Gasteiger charge is 2.02. The highest BCUT2D eigenvalue weighted by atomic mass is 16.5. The van der Waals surface area contributed by atoms with Crippen molar-refractivity contribution < 1.29 is 14.3 Å². The van der Waals surface area contributed by atoms with Crippen LogP contribution >= 0.6 is 0 Å². The van der Waals surface area contributed by atoms with Gasteiger partial charge in [0.15, 0.2) is 0 Å². The van der Waals surface area contributed by atoms with Crippen LogP contribution in [0, 0.1) is 0 Å². The zero-order valence-corrected chi connectivity index (χ0v) is 9.74. The van der Waals surface area contributed by atoms with E-state index in [-0.39, 0.29) is 12.6 Å². The van der Waals surface area contributed by atoms with Crippen LogP contribution in [0.2, 0.25) is 0 Å². The summed E-state index contributed by atoms with van der Waals surface area (Å²) in [5.41, 5.74) is 0.875. The molecule has 0 saturated heterocycles. The van der Waals surface area contributed by atoms with Gasteiger partial charge in [0.2, 0.25) is 0 Å². The third kappa shape index (κ3) is 5.05. The van der Waals surface area contributed by atoms with E-state index in [1.807, 2.05) is 38.1 Å². The number of esters is 1. The number of carbonyl (C=O) groups excluding carboxylic acids is 1. The molecule has 0 N–H and O–H groups in total. The van der Waals surface area contributed by atoms with Gasteiger partial charge in [-0.05, 0) is 6.07 Å². The summed E-state index contributed by atoms with van der Waals surface area (Å²) in [6.07, 6.45) is 0. The molecule has 0 fully saturated rings. The Bertz CT molecular complexity index is 295. The highest BCUT2D eigenvalue weighted by molar-refractivity contribution is 5.66. The summed E-state index contributed by atoms with van der Waals surface area (Å²) in [5.74, 6) is 0.453. The zero-order valence-electron chi connectivity index (χ0n) is 9.74. The van der Waals surface area contributed by atoms with Gasteiger partial charge in [-0.1, -0.05) is 32.0 Å². The Balaban J connectivity index is 0.000000921. The van der Waals surface area contributed by atoms with Crippen molar-refractivity contribution in [3.8, 4) is 5.75 Å². The first-order chi connectivity index (χ1) is 7.24. The summed E-state index contributed by atoms with van der Waals surface area (Å²) in [6, 6.07) is 7.44. The average Bonchev–Trinajstić information content (AvgIpc) is 2.29. The van der Waals surface area contributed by atoms with Gasteiger partial charge in [0.25, 0.3) is 0 Å². The van der Waals surface area contributed by atoms with Crippen LogP contribution in [0.3, 0.4) is 0 Å². The predicted octanol–water partition coefficient (Wildman–Crippen LogP) is 2.78. The number of methoxy groups -OCH3 is 1. The minimum atomic E-state index is -0.286. The van der Waals surface area contributed by atoms with Crippen LogP contribution in [0.1, 0.15) is 26.3 Å². The molecule has 3 heteroatoms. The second-order valence-corrected chi connectivity index (χ2v) is 2.59. The maximum Gasteiger partial charge on any atom is 0.302 e. The molecule has 0 aliphatic rings. The van der Waals surface area contributed by atoms with Crippen molar-refractivity contribution in [3.05, 3.63) is 29.8 Å². The highest BCUT2D eigenvalue weighted by Crippen LogP contribution is 2.17. The van der Waals surface area contributed by atoms with E-state index in [4.69, 9.17) is 9.47 Å². The molecule has 0 spiro atoms. The predicted molar refractivity (Wildman–Crippen MR) is 59.8 cm³/mol. The third-order valence-electron chi connectivity index (χ3n) is 1.62. The van der Waals surface area contributed by atoms with Crippen LogP contribution in [0.15, 0.2) is 24.3 Å². The lowest BCUT2D eigenvalue weighted by Crippen LogP contribution is -2.00. The van der Waals surface area contributed by atoms with Gasteiger partial charge in [-0.15, -0.1) is 0 Å². The number of para-hydroxylation sites is 1. The van der Waals surface area contributed by atoms with E-state index < -0.39 is 0 Å². The monoisotopic (exact) mass is 210 g/mol. The van der Waals surface area contributed by atoms with E-state index in [9.17, 15) is 4.79 Å². The summed E-state index contributed by atoms with van der Waals surface area (Å²) < 4.78 is 9.94. The van der Waals surface area contributed by atoms with Crippen LogP contribution in [0.5, 0.6) is 5.75 Å². The number of ether oxygens (including phenoxy) is 2. The molecular weight excluding hydrogens is 192 g/mol. The van der Waals surface area contributed by atoms with Crippen LogP contribution in [-0.4, -0.2) is 13.1 Å². The number of hydrogen-bond donors (Lipinski definition) is 0. The normalized spacial score (nSPS) is 8.53. The maximum absolute atomic E-state index is 10.6. The van der Waals surface area contributed by atoms with Crippen molar-refractivity contribution in [1.82, 2.24) is 0 Å². The van der Waals surface area contributed by atoms with Crippen molar-refractivity contribution in [2.75, 3.05) is 7.11 Å². The Morgan fingerprint density at radius 1 is 1.27 bits per heavy atom. The molecule has 0 amide bonds. The molecule has 0 atom stereocenters. The Morgan fingerprint density at radius 3 is 2.40 bits per heavy atom. The average molecular weight is 210 g/mol. The SMILES string of the molecule is CC.COc1ccccc1COC(C)=O. The first-order valence-electron chi connectivity index (χ1n) is 4.99. The molecule has 0 heterocycles. The van der Waals surface area contributed by atoms with Crippen LogP contribution in [0.25, 0.3) is 0 Å². The van der Waals surface area contributed by atoms with E-state index in [1.165, 1.54) is 6.92 Å². The molecule has 0 saturated carbocycles. The molecule has 0 radical (unpaired) electrons. The van der Waals surface area contributed by atoms with Gasteiger partial charge in [0.1, 0.15) is 12.4 Å². The summed E-state index contributed by atoms with van der Waals surface area (Å²) in [5, 5.41) is 0. The Kier molecular flexibility index (Phi) is 7.06. The molecule has 15 heavy (non-hydrogen) atoms. The molecule has 3 nitrogen and oxygen atoms in total. The van der Waals surface area contributed by atoms with Crippen molar-refractivity contribution in [2.24, 2.45) is 0 Å². The number of carbonyl (C=O) groups is 1. The van der Waals surface area contributed by atoms with E-state index in [0.717, 1.165) is 11.3 Å². The lowest BCUT2D eigenvalue weighted by atomic mass is 10.2. The fourth-order valence-electron chi connectivity index (χ4n) is 1.00. The summed E-state index contributed by atoms with van der Waals surface area (Å²) in [6.45, 7) is 5.65. The summed E-state index contributed by atoms with van der Waals surface area (Å²) in [4.78, 5) is 10.6. The van der Waals surface area contributed by atoms with Gasteiger partial charge in [-0.3, -0.25) is 4.79 Å². The minimum Gasteiger partial charge on any atom is -0.496 e. The van der Waals surface area contributed by atoms with Gasteiger partial charge in [-0.25, -0.2) is 0 Å². The van der Waals surface area contributed by atoms with E-state index in [0.29, 0.717) is 0 Å². The maximum atomic E-state index is 10.6. The second-order valence-electron chi connectivity index (χ2n) is 2.59. The largest absolute Gasteiger partial charge is 0.496 e. The lowest BCUT2D eigenvalue weighted by Gasteiger charge is -2.07. The van der Waals surface area contributed by atoms with Crippen molar-refractivity contribution in [3.63, 3.8) is 0 Å². The van der Waals surface area contributed by atoms with Crippen molar-refractivity contribution in [2.45, 2.75) is 27.4 Å². The number of hydrogen-bond acceptors (Lipinski definition) is 3. The van der Waals surface area contributed by atoms with Gasteiger partial charge in [-0.2, -0.15) is 0 Å². The van der Waals surface area contributed by atoms with Crippen LogP contribution < -0.4 is 4.74 Å². The van der Waals surface area contributed by atoms with Crippen molar-refractivity contribution >= 4 is 5.97 Å². The molecule has 84 valence electrons. The molecule has 0 bridgehead atoms. The smallest absolute Gasteiger partial charge is 0.302 e. The molecule has 1 rings (SSSR count). The topological polar surface area (TPSA) is 35.5 Å². The quantitative estimate of drug-likeness (QED) is 0.720. The summed E-state index contributed by atoms with van der Waals surface area (Å²) in [7, 11) is 1.59. The molecule has 0 aromatic heterocycles. The Labute approximate surface area is 91.0 Å². The van der Waals surface area contributed by atoms with Gasteiger partial charge < -0.3 is 9.47 Å². The van der Waals surface area contributed by atoms with E-state index >= 15 is 0 Å². The standard InChI is InChI=1S/C10H12O3.C2H6/c1-8(11)13-7-9-5-3-4-6-10(9)12-2;1-2/h3-6H,7H2,1-2H3;1-2H3. The van der Waals surface area contributed by atoms with Crippen LogP contribution in [0.4, 0.5) is 0 Å². The van der Waals surface area contributed by atoms with Gasteiger partial charge in [0.05, 0.1) is 7.11 Å². The third-order valence-corrected chi connectivity index (χ3v) is 1.62. The molecular formula is C12H18O3. The number of benzene rings is 1. The Hall–Kier alpha value is -1.51. The summed E-state index contributed by atoms with van der Waals surface area (Å²) >= 11 is 0. The molecule has 0 unspecified atom stereocenters. The first-order valence-corrected chi connectivity index (χ1v) is 4.99. The van der Waals surface area contributed by atoms with Crippen LogP contribution in [-0.2, 0) is 16.1 Å². The fraction of sp³-hybridized carbons (Fsp3) is 0.417. The zero-order chi connectivity index (χ0) is 11.7. The number of rotatable bonds is 3. The van der Waals surface area contributed by atoms with E-state index in [2.05, 4.69) is 0 Å². The minimum absolute atomic E-state index is 0.263. The molecule has 0 aliphatic heterocycles. The first kappa shape index (κ1) is 13.5. The molecule has 1 aromatic carbocycles.